The van der Waals surface area contributed by atoms with Gasteiger partial charge in [0.05, 0.1) is 10.6 Å². The van der Waals surface area contributed by atoms with Gasteiger partial charge in [-0.05, 0) is 53.9 Å². The first kappa shape index (κ1) is 19.8. The molecule has 3 aromatic rings. The highest BCUT2D eigenvalue weighted by atomic mass is 35.5. The molecule has 0 aliphatic carbocycles. The van der Waals surface area contributed by atoms with Gasteiger partial charge in [-0.25, -0.2) is 0 Å². The van der Waals surface area contributed by atoms with Gasteiger partial charge >= 0.3 is 0 Å². The van der Waals surface area contributed by atoms with Crippen LogP contribution in [-0.4, -0.2) is 17.6 Å². The minimum absolute atomic E-state index is 0.134. The Hall–Kier alpha value is -1.99. The molecule has 2 aromatic carbocycles. The summed E-state index contributed by atoms with van der Waals surface area (Å²) in [6, 6.07) is 15.8. The van der Waals surface area contributed by atoms with Crippen molar-refractivity contribution in [3.05, 3.63) is 74.9 Å². The number of anilines is 2. The van der Waals surface area contributed by atoms with Crippen molar-refractivity contribution >= 4 is 69.5 Å². The monoisotopic (exact) mass is 436 g/mol. The van der Waals surface area contributed by atoms with Crippen LogP contribution in [-0.2, 0) is 4.79 Å². The lowest BCUT2D eigenvalue weighted by atomic mass is 10.3. The molecule has 0 fully saturated rings. The van der Waals surface area contributed by atoms with Gasteiger partial charge in [-0.2, -0.15) is 0 Å². The summed E-state index contributed by atoms with van der Waals surface area (Å²) in [5.74, 6) is -0.0521. The maximum Gasteiger partial charge on any atom is 0.265 e. The van der Waals surface area contributed by atoms with Gasteiger partial charge in [0.25, 0.3) is 5.91 Å². The molecule has 27 heavy (non-hydrogen) atoms. The number of nitrogens with one attached hydrogen (secondary N) is 2. The fourth-order valence-electron chi connectivity index (χ4n) is 2.21. The number of carbonyl (C=O) groups is 2. The molecule has 1 aromatic heterocycles. The molecule has 8 heteroatoms. The quantitative estimate of drug-likeness (QED) is 0.463. The van der Waals surface area contributed by atoms with E-state index in [0.717, 1.165) is 4.90 Å². The number of thiophene rings is 1. The topological polar surface area (TPSA) is 58.2 Å². The summed E-state index contributed by atoms with van der Waals surface area (Å²) in [6.07, 6.45) is 0. The molecule has 0 unspecified atom stereocenters. The molecule has 0 radical (unpaired) electrons. The molecule has 0 spiro atoms. The average Bonchev–Trinajstić information content (AvgIpc) is 3.15. The maximum atomic E-state index is 12.1. The van der Waals surface area contributed by atoms with Crippen LogP contribution in [0.2, 0.25) is 10.0 Å². The Labute approximate surface area is 174 Å². The third-order valence-electron chi connectivity index (χ3n) is 3.37. The normalized spacial score (nSPS) is 10.4. The Bertz CT molecular complexity index is 925. The van der Waals surface area contributed by atoms with Crippen molar-refractivity contribution in [1.29, 1.82) is 0 Å². The predicted octanol–water partition coefficient (Wildman–Crippen LogP) is 6.04. The van der Waals surface area contributed by atoms with Gasteiger partial charge in [-0.3, -0.25) is 9.59 Å². The highest BCUT2D eigenvalue weighted by Crippen LogP contribution is 2.24. The zero-order valence-electron chi connectivity index (χ0n) is 13.9. The Morgan fingerprint density at radius 1 is 0.926 bits per heavy atom. The standard InChI is InChI=1S/C19H14Cl2N2O2S2/c20-12-8-13(21)10-15(9-12)22-18(24)11-27-16-5-3-14(4-6-16)23-19(25)17-2-1-7-26-17/h1-10H,11H2,(H,22,24)(H,23,25). The van der Waals surface area contributed by atoms with Gasteiger partial charge in [0.2, 0.25) is 5.91 Å². The minimum atomic E-state index is -0.159. The number of hydrogen-bond donors (Lipinski definition) is 2. The van der Waals surface area contributed by atoms with E-state index in [-0.39, 0.29) is 17.6 Å². The van der Waals surface area contributed by atoms with Crippen molar-refractivity contribution < 1.29 is 9.59 Å². The first-order chi connectivity index (χ1) is 13.0. The lowest BCUT2D eigenvalue weighted by Gasteiger charge is -2.07. The highest BCUT2D eigenvalue weighted by molar-refractivity contribution is 8.00. The largest absolute Gasteiger partial charge is 0.325 e. The number of halogens is 2. The molecule has 0 bridgehead atoms. The van der Waals surface area contributed by atoms with Gasteiger partial charge in [-0.1, -0.05) is 29.3 Å². The fourth-order valence-corrected chi connectivity index (χ4v) is 4.05. The minimum Gasteiger partial charge on any atom is -0.325 e. The zero-order valence-corrected chi connectivity index (χ0v) is 17.0. The van der Waals surface area contributed by atoms with E-state index in [1.807, 2.05) is 35.7 Å². The predicted molar refractivity (Wildman–Crippen MR) is 115 cm³/mol. The van der Waals surface area contributed by atoms with Crippen molar-refractivity contribution in [3.63, 3.8) is 0 Å². The van der Waals surface area contributed by atoms with Crippen molar-refractivity contribution in [2.45, 2.75) is 4.90 Å². The maximum absolute atomic E-state index is 12.1. The lowest BCUT2D eigenvalue weighted by molar-refractivity contribution is -0.113. The number of carbonyl (C=O) groups excluding carboxylic acids is 2. The van der Waals surface area contributed by atoms with Crippen LogP contribution in [0.15, 0.2) is 64.9 Å². The average molecular weight is 437 g/mol. The molecule has 1 heterocycles. The third-order valence-corrected chi connectivity index (χ3v) is 5.69. The van der Waals surface area contributed by atoms with E-state index < -0.39 is 0 Å². The van der Waals surface area contributed by atoms with E-state index in [9.17, 15) is 9.59 Å². The first-order valence-electron chi connectivity index (χ1n) is 7.83. The van der Waals surface area contributed by atoms with E-state index >= 15 is 0 Å². The van der Waals surface area contributed by atoms with Crippen LogP contribution in [0.1, 0.15) is 9.67 Å². The van der Waals surface area contributed by atoms with E-state index in [1.54, 1.807) is 24.3 Å². The molecule has 0 aliphatic rings. The molecule has 0 aliphatic heterocycles. The van der Waals surface area contributed by atoms with Gasteiger partial charge in [0, 0.05) is 26.3 Å². The number of thioether (sulfide) groups is 1. The van der Waals surface area contributed by atoms with Crippen LogP contribution in [0, 0.1) is 0 Å². The summed E-state index contributed by atoms with van der Waals surface area (Å²) < 4.78 is 0. The molecular formula is C19H14Cl2N2O2S2. The van der Waals surface area contributed by atoms with Crippen LogP contribution in [0.4, 0.5) is 11.4 Å². The summed E-state index contributed by atoms with van der Waals surface area (Å²) in [7, 11) is 0. The zero-order chi connectivity index (χ0) is 19.2. The fraction of sp³-hybridized carbons (Fsp3) is 0.0526. The van der Waals surface area contributed by atoms with Gasteiger partial charge in [0.15, 0.2) is 0 Å². The number of rotatable bonds is 6. The molecule has 0 saturated carbocycles. The van der Waals surface area contributed by atoms with Gasteiger partial charge < -0.3 is 10.6 Å². The van der Waals surface area contributed by atoms with Crippen LogP contribution >= 0.6 is 46.3 Å². The summed E-state index contributed by atoms with van der Waals surface area (Å²) in [4.78, 5) is 25.7. The SMILES string of the molecule is O=C(CSc1ccc(NC(=O)c2cccs2)cc1)Nc1cc(Cl)cc(Cl)c1. The third kappa shape index (κ3) is 6.01. The van der Waals surface area contributed by atoms with Gasteiger partial charge in [0.1, 0.15) is 0 Å². The molecule has 138 valence electrons. The van der Waals surface area contributed by atoms with Crippen molar-refractivity contribution in [3.8, 4) is 0 Å². The van der Waals surface area contributed by atoms with Crippen LogP contribution in [0.5, 0.6) is 0 Å². The Kier molecular flexibility index (Phi) is 6.79. The summed E-state index contributed by atoms with van der Waals surface area (Å²) in [6.45, 7) is 0. The Balaban J connectivity index is 1.51. The number of hydrogen-bond acceptors (Lipinski definition) is 4. The first-order valence-corrected chi connectivity index (χ1v) is 10.5. The second-order valence-electron chi connectivity index (χ2n) is 5.45. The molecule has 2 N–H and O–H groups in total. The molecule has 0 atom stereocenters. The summed E-state index contributed by atoms with van der Waals surface area (Å²) >= 11 is 14.6. The van der Waals surface area contributed by atoms with Crippen molar-refractivity contribution in [1.82, 2.24) is 0 Å². The molecule has 2 amide bonds. The molecule has 4 nitrogen and oxygen atoms in total. The van der Waals surface area contributed by atoms with Crippen LogP contribution in [0.3, 0.4) is 0 Å². The Morgan fingerprint density at radius 3 is 2.26 bits per heavy atom. The van der Waals surface area contributed by atoms with E-state index in [1.165, 1.54) is 23.1 Å². The Morgan fingerprint density at radius 2 is 1.63 bits per heavy atom. The lowest BCUT2D eigenvalue weighted by Crippen LogP contribution is -2.14. The second-order valence-corrected chi connectivity index (χ2v) is 8.32. The van der Waals surface area contributed by atoms with Crippen molar-refractivity contribution in [2.75, 3.05) is 16.4 Å². The molecule has 0 saturated heterocycles. The highest BCUT2D eigenvalue weighted by Gasteiger charge is 2.08. The van der Waals surface area contributed by atoms with Crippen LogP contribution in [0.25, 0.3) is 0 Å². The van der Waals surface area contributed by atoms with E-state index in [2.05, 4.69) is 10.6 Å². The van der Waals surface area contributed by atoms with Crippen LogP contribution < -0.4 is 10.6 Å². The number of amides is 2. The molecule has 3 rings (SSSR count). The number of benzene rings is 2. The van der Waals surface area contributed by atoms with E-state index in [4.69, 9.17) is 23.2 Å². The van der Waals surface area contributed by atoms with E-state index in [0.29, 0.717) is 26.3 Å². The van der Waals surface area contributed by atoms with Crippen molar-refractivity contribution in [2.24, 2.45) is 0 Å². The smallest absolute Gasteiger partial charge is 0.265 e. The molecular weight excluding hydrogens is 423 g/mol. The summed E-state index contributed by atoms with van der Waals surface area (Å²) in [5, 5.41) is 8.39. The second kappa shape index (κ2) is 9.28. The summed E-state index contributed by atoms with van der Waals surface area (Å²) in [5.41, 5.74) is 1.26. The van der Waals surface area contributed by atoms with Gasteiger partial charge in [-0.15, -0.1) is 23.1 Å².